The second-order valence-electron chi connectivity index (χ2n) is 6.80. The third-order valence-corrected chi connectivity index (χ3v) is 5.46. The highest BCUT2D eigenvalue weighted by Crippen LogP contribution is 2.21. The number of benzene rings is 2. The molecule has 0 aromatic heterocycles. The number of amides is 1. The zero-order chi connectivity index (χ0) is 23.2. The summed E-state index contributed by atoms with van der Waals surface area (Å²) < 4.78 is 12.2. The number of halogens is 1. The molecule has 0 spiro atoms. The third kappa shape index (κ3) is 9.89. The van der Waals surface area contributed by atoms with Crippen molar-refractivity contribution in [3.05, 3.63) is 59.2 Å². The van der Waals surface area contributed by atoms with Crippen LogP contribution in [0.5, 0.6) is 11.5 Å². The van der Waals surface area contributed by atoms with E-state index < -0.39 is 0 Å². The monoisotopic (exact) mass is 555 g/mol. The Morgan fingerprint density at radius 3 is 2.12 bits per heavy atom. The van der Waals surface area contributed by atoms with Crippen LogP contribution in [0.25, 0.3) is 0 Å². The van der Waals surface area contributed by atoms with Gasteiger partial charge >= 0.3 is 0 Å². The maximum atomic E-state index is 12.3. The second-order valence-corrected chi connectivity index (χ2v) is 7.48. The number of nitrogens with two attached hydrogens (primary N) is 1. The number of carbonyl (C=O) groups is 1. The van der Waals surface area contributed by atoms with E-state index in [0.717, 1.165) is 36.3 Å². The van der Waals surface area contributed by atoms with Gasteiger partial charge in [0.15, 0.2) is 0 Å². The van der Waals surface area contributed by atoms with Crippen molar-refractivity contribution in [2.24, 2.45) is 5.73 Å². The number of aryl methyl sites for hydroxylation is 1. The molecule has 0 saturated heterocycles. The first kappa shape index (κ1) is 29.7. The molecule has 0 atom stereocenters. The van der Waals surface area contributed by atoms with Crippen molar-refractivity contribution < 1.29 is 14.3 Å². The Labute approximate surface area is 207 Å². The third-order valence-electron chi connectivity index (χ3n) is 4.44. The topological polar surface area (TPSA) is 88.6 Å². The van der Waals surface area contributed by atoms with Gasteiger partial charge in [-0.1, -0.05) is 49.9 Å². The fraction of sp³-hybridized carbons (Fsp3) is 0.440. The number of unbranched alkanes of at least 4 members (excludes halogenated alkanes) is 2. The molecule has 0 radical (unpaired) electrons. The van der Waals surface area contributed by atoms with Gasteiger partial charge in [-0.25, -0.2) is 0 Å². The first-order chi connectivity index (χ1) is 14.9. The van der Waals surface area contributed by atoms with Crippen LogP contribution in [-0.4, -0.2) is 41.5 Å². The minimum atomic E-state index is -0.00210. The molecule has 0 unspecified atom stereocenters. The van der Waals surface area contributed by atoms with E-state index in [2.05, 4.69) is 22.6 Å². The average molecular weight is 556 g/mol. The van der Waals surface area contributed by atoms with Crippen molar-refractivity contribution in [3.8, 4) is 11.5 Å². The summed E-state index contributed by atoms with van der Waals surface area (Å²) in [6.45, 7) is 7.22. The quantitative estimate of drug-likeness (QED) is 0.0885. The molecular weight excluding hydrogens is 517 g/mol. The Hall–Kier alpha value is -2.29. The van der Waals surface area contributed by atoms with Gasteiger partial charge in [0, 0.05) is 18.2 Å². The van der Waals surface area contributed by atoms with Crippen LogP contribution in [0, 0.1) is 12.3 Å². The molecular formula is C25H38IN3O3. The lowest BCUT2D eigenvalue weighted by Crippen LogP contribution is -2.24. The minimum Gasteiger partial charge on any atom is -0.494 e. The summed E-state index contributed by atoms with van der Waals surface area (Å²) in [6.07, 6.45) is 2.83. The normalized spacial score (nSPS) is 9.66. The van der Waals surface area contributed by atoms with E-state index in [1.54, 1.807) is 24.1 Å². The Morgan fingerprint density at radius 2 is 1.56 bits per heavy atom. The van der Waals surface area contributed by atoms with Gasteiger partial charge in [0.05, 0.1) is 17.8 Å². The number of rotatable bonds is 11. The lowest BCUT2D eigenvalue weighted by atomic mass is 10.1. The molecule has 1 amide bonds. The Bertz CT molecular complexity index is 826. The molecule has 0 saturated carbocycles. The van der Waals surface area contributed by atoms with E-state index in [9.17, 15) is 4.79 Å². The van der Waals surface area contributed by atoms with Crippen molar-refractivity contribution in [2.75, 3.05) is 24.8 Å². The molecule has 0 aliphatic carbocycles. The molecule has 0 aliphatic heterocycles. The van der Waals surface area contributed by atoms with E-state index in [1.165, 1.54) is 0 Å². The molecule has 0 aliphatic rings. The zero-order valence-corrected chi connectivity index (χ0v) is 21.1. The summed E-state index contributed by atoms with van der Waals surface area (Å²) in [5, 5.41) is 7.38. The highest BCUT2D eigenvalue weighted by molar-refractivity contribution is 14.1. The number of ether oxygens (including phenoxy) is 2. The van der Waals surface area contributed by atoms with Crippen molar-refractivity contribution in [1.29, 1.82) is 5.41 Å². The van der Waals surface area contributed by atoms with Gasteiger partial charge in [0.1, 0.15) is 17.3 Å². The van der Waals surface area contributed by atoms with Gasteiger partial charge in [0.2, 0.25) is 0 Å². The predicted octanol–water partition coefficient (Wildman–Crippen LogP) is 6.03. The lowest BCUT2D eigenvalue weighted by molar-refractivity contribution is 0.0823. The van der Waals surface area contributed by atoms with Crippen molar-refractivity contribution in [2.45, 2.75) is 47.5 Å². The smallest absolute Gasteiger partial charge is 0.254 e. The van der Waals surface area contributed by atoms with Gasteiger partial charge in [0.25, 0.3) is 5.91 Å². The standard InChI is InChI=1S/C22H28IN3O3.C2H6.CH4/c1-16-6-7-18(22(27)26(2)15-23)14-20(16)29-13-5-3-4-12-28-19-10-8-17(9-11-19)21(24)25;1-2;/h6-11,14H,3-5,12-13,15H2,1-2H3,(H3,24,25);1-2H3;1H4. The second kappa shape index (κ2) is 16.4. The van der Waals surface area contributed by atoms with Crippen molar-refractivity contribution in [3.63, 3.8) is 0 Å². The van der Waals surface area contributed by atoms with Crippen LogP contribution in [0.3, 0.4) is 0 Å². The van der Waals surface area contributed by atoms with Gasteiger partial charge in [-0.15, -0.1) is 0 Å². The number of alkyl halides is 1. The number of hydrogen-bond donors (Lipinski definition) is 2. The molecule has 3 N–H and O–H groups in total. The van der Waals surface area contributed by atoms with Crippen LogP contribution in [0.15, 0.2) is 42.5 Å². The summed E-state index contributed by atoms with van der Waals surface area (Å²) in [6, 6.07) is 12.8. The molecule has 7 heteroatoms. The molecule has 32 heavy (non-hydrogen) atoms. The molecule has 2 aromatic carbocycles. The Kier molecular flexibility index (Phi) is 15.2. The largest absolute Gasteiger partial charge is 0.494 e. The molecule has 0 heterocycles. The van der Waals surface area contributed by atoms with E-state index >= 15 is 0 Å². The molecule has 178 valence electrons. The van der Waals surface area contributed by atoms with Gasteiger partial charge in [-0.05, 0) is 68.1 Å². The predicted molar refractivity (Wildman–Crippen MR) is 143 cm³/mol. The number of amidine groups is 1. The summed E-state index contributed by atoms with van der Waals surface area (Å²) in [5.41, 5.74) is 7.80. The molecule has 0 fully saturated rings. The van der Waals surface area contributed by atoms with Crippen molar-refractivity contribution in [1.82, 2.24) is 4.90 Å². The Morgan fingerprint density at radius 1 is 1.00 bits per heavy atom. The molecule has 6 nitrogen and oxygen atoms in total. The van der Waals surface area contributed by atoms with Crippen molar-refractivity contribution >= 4 is 34.3 Å². The number of nitrogens with zero attached hydrogens (tertiary/aromatic N) is 1. The fourth-order valence-corrected chi connectivity index (χ4v) is 2.96. The van der Waals surface area contributed by atoms with Gasteiger partial charge in [-0.2, -0.15) is 0 Å². The molecule has 2 rings (SSSR count). The van der Waals surface area contributed by atoms with Crippen LogP contribution >= 0.6 is 22.6 Å². The van der Waals surface area contributed by atoms with Crippen LogP contribution in [-0.2, 0) is 0 Å². The minimum absolute atomic E-state index is 0. The fourth-order valence-electron chi connectivity index (χ4n) is 2.65. The maximum Gasteiger partial charge on any atom is 0.254 e. The van der Waals surface area contributed by atoms with Crippen LogP contribution in [0.4, 0.5) is 0 Å². The summed E-state index contributed by atoms with van der Waals surface area (Å²) in [5.74, 6) is 1.59. The lowest BCUT2D eigenvalue weighted by Gasteiger charge is -2.15. The average Bonchev–Trinajstić information content (AvgIpc) is 2.80. The van der Waals surface area contributed by atoms with E-state index in [-0.39, 0.29) is 19.2 Å². The molecule has 0 bridgehead atoms. The number of nitrogen functional groups attached to an aromatic ring is 1. The zero-order valence-electron chi connectivity index (χ0n) is 18.9. The van der Waals surface area contributed by atoms with E-state index in [4.69, 9.17) is 20.6 Å². The van der Waals surface area contributed by atoms with Crippen LogP contribution in [0.2, 0.25) is 0 Å². The number of hydrogen-bond acceptors (Lipinski definition) is 4. The van der Waals surface area contributed by atoms with E-state index in [1.807, 2.05) is 51.1 Å². The Balaban J connectivity index is 0.00000311. The SMILES string of the molecule is C.CC.Cc1ccc(C(=O)N(C)CI)cc1OCCCCCOc1ccc(C(=N)N)cc1. The first-order valence-corrected chi connectivity index (χ1v) is 12.1. The number of nitrogens with one attached hydrogen (secondary N) is 1. The summed E-state index contributed by atoms with van der Waals surface area (Å²) in [7, 11) is 1.79. The van der Waals surface area contributed by atoms with Gasteiger partial charge in [-0.3, -0.25) is 10.2 Å². The number of carbonyl (C=O) groups excluding carboxylic acids is 1. The summed E-state index contributed by atoms with van der Waals surface area (Å²) >= 11 is 2.17. The van der Waals surface area contributed by atoms with Crippen LogP contribution < -0.4 is 15.2 Å². The van der Waals surface area contributed by atoms with Crippen LogP contribution in [0.1, 0.15) is 62.0 Å². The maximum absolute atomic E-state index is 12.3. The molecule has 2 aromatic rings. The van der Waals surface area contributed by atoms with E-state index in [0.29, 0.717) is 28.9 Å². The van der Waals surface area contributed by atoms with Gasteiger partial charge < -0.3 is 20.1 Å². The summed E-state index contributed by atoms with van der Waals surface area (Å²) in [4.78, 5) is 14.0. The first-order valence-electron chi connectivity index (χ1n) is 10.5. The highest BCUT2D eigenvalue weighted by Gasteiger charge is 2.12. The highest BCUT2D eigenvalue weighted by atomic mass is 127.